The molecule has 0 unspecified atom stereocenters. The van der Waals surface area contributed by atoms with Gasteiger partial charge in [0.05, 0.1) is 13.0 Å². The van der Waals surface area contributed by atoms with Crippen LogP contribution in [0.15, 0.2) is 0 Å². The number of rotatable bonds is 1. The summed E-state index contributed by atoms with van der Waals surface area (Å²) in [6, 6.07) is 0. The van der Waals surface area contributed by atoms with Gasteiger partial charge in [-0.25, -0.2) is 0 Å². The summed E-state index contributed by atoms with van der Waals surface area (Å²) in [5.41, 5.74) is 0. The van der Waals surface area contributed by atoms with E-state index in [4.69, 9.17) is 0 Å². The average molecular weight is 99.1 g/mol. The fourth-order valence-corrected chi connectivity index (χ4v) is 0.412. The van der Waals surface area contributed by atoms with Crippen LogP contribution in [0.2, 0.25) is 0 Å². The van der Waals surface area contributed by atoms with Crippen LogP contribution in [-0.4, -0.2) is 13.1 Å². The zero-order valence-electron chi connectivity index (χ0n) is 4.18. The Morgan fingerprint density at radius 3 is 2.71 bits per heavy atom. The van der Waals surface area contributed by atoms with E-state index >= 15 is 0 Å². The van der Waals surface area contributed by atoms with Gasteiger partial charge in [0.15, 0.2) is 0 Å². The van der Waals surface area contributed by atoms with Crippen molar-refractivity contribution in [2.45, 2.75) is 6.42 Å². The van der Waals surface area contributed by atoms with E-state index in [1.165, 1.54) is 7.11 Å². The Kier molecular flexibility index (Phi) is 1.01. The van der Waals surface area contributed by atoms with Crippen molar-refractivity contribution in [3.05, 3.63) is 6.42 Å². The summed E-state index contributed by atoms with van der Waals surface area (Å²) in [5.74, 6) is 0.0324. The van der Waals surface area contributed by atoms with Gasteiger partial charge < -0.3 is 4.74 Å². The minimum absolute atomic E-state index is 0.0972. The molecule has 0 spiro atoms. The minimum Gasteiger partial charge on any atom is -0.469 e. The normalized spacial score (nSPS) is 19.0. The fourth-order valence-electron chi connectivity index (χ4n) is 0.412. The van der Waals surface area contributed by atoms with Crippen molar-refractivity contribution in [3.8, 4) is 0 Å². The molecule has 0 amide bonds. The molecule has 1 aliphatic carbocycles. The quantitative estimate of drug-likeness (QED) is 0.444. The van der Waals surface area contributed by atoms with Gasteiger partial charge in [-0.1, -0.05) is 0 Å². The Labute approximate surface area is 42.5 Å². The molecule has 1 atom stereocenters. The highest BCUT2D eigenvalue weighted by Crippen LogP contribution is 2.27. The Balaban J connectivity index is 2.24. The Hall–Kier alpha value is -0.530. The van der Waals surface area contributed by atoms with Crippen LogP contribution in [0.25, 0.3) is 0 Å². The Morgan fingerprint density at radius 1 is 2.00 bits per heavy atom. The van der Waals surface area contributed by atoms with Gasteiger partial charge in [0.1, 0.15) is 0 Å². The molecule has 0 aromatic rings. The third kappa shape index (κ3) is 0.918. The molecule has 0 bridgehead atoms. The zero-order valence-corrected chi connectivity index (χ0v) is 4.18. The van der Waals surface area contributed by atoms with Crippen LogP contribution in [0.4, 0.5) is 0 Å². The molecule has 1 rings (SSSR count). The van der Waals surface area contributed by atoms with Gasteiger partial charge in [-0.2, -0.15) is 0 Å². The number of methoxy groups -OCH3 is 1. The van der Waals surface area contributed by atoms with E-state index in [1.54, 1.807) is 0 Å². The first-order valence-electron chi connectivity index (χ1n) is 2.26. The van der Waals surface area contributed by atoms with Crippen LogP contribution in [0, 0.1) is 12.3 Å². The fraction of sp³-hybridized carbons (Fsp3) is 0.600. The molecular weight excluding hydrogens is 92.1 g/mol. The number of carbonyl (C=O) groups is 1. The van der Waals surface area contributed by atoms with Crippen LogP contribution in [0.1, 0.15) is 6.42 Å². The molecule has 1 saturated carbocycles. The van der Waals surface area contributed by atoms with Crippen molar-refractivity contribution in [2.24, 2.45) is 5.92 Å². The SMILES string of the molecule is COC(=O)[C@@H]1[CH]C1. The van der Waals surface area contributed by atoms with Gasteiger partial charge in [-0.15, -0.1) is 0 Å². The van der Waals surface area contributed by atoms with E-state index in [2.05, 4.69) is 4.74 Å². The zero-order chi connectivity index (χ0) is 5.28. The largest absolute Gasteiger partial charge is 0.469 e. The van der Waals surface area contributed by atoms with Crippen molar-refractivity contribution in [1.29, 1.82) is 0 Å². The van der Waals surface area contributed by atoms with Crippen molar-refractivity contribution < 1.29 is 9.53 Å². The maximum atomic E-state index is 10.3. The second kappa shape index (κ2) is 1.52. The highest BCUT2D eigenvalue weighted by molar-refractivity contribution is 5.77. The molecule has 1 fully saturated rings. The molecule has 0 heterocycles. The summed E-state index contributed by atoms with van der Waals surface area (Å²) in [6.07, 6.45) is 2.83. The molecule has 7 heavy (non-hydrogen) atoms. The molecule has 0 aromatic carbocycles. The molecule has 2 heteroatoms. The van der Waals surface area contributed by atoms with E-state index in [-0.39, 0.29) is 11.9 Å². The van der Waals surface area contributed by atoms with Gasteiger partial charge in [-0.05, 0) is 12.8 Å². The molecule has 0 aromatic heterocycles. The second-order valence-electron chi connectivity index (χ2n) is 1.60. The third-order valence-electron chi connectivity index (χ3n) is 0.975. The van der Waals surface area contributed by atoms with Crippen LogP contribution in [-0.2, 0) is 9.53 Å². The molecule has 2 nitrogen and oxygen atoms in total. The summed E-state index contributed by atoms with van der Waals surface area (Å²) in [7, 11) is 1.41. The van der Waals surface area contributed by atoms with Gasteiger partial charge in [0.2, 0.25) is 0 Å². The first-order chi connectivity index (χ1) is 3.34. The van der Waals surface area contributed by atoms with Crippen LogP contribution < -0.4 is 0 Å². The van der Waals surface area contributed by atoms with E-state index in [0.29, 0.717) is 0 Å². The lowest BCUT2D eigenvalue weighted by molar-refractivity contribution is -0.141. The molecule has 1 radical (unpaired) electrons. The summed E-state index contributed by atoms with van der Waals surface area (Å²) in [6.45, 7) is 0. The molecule has 0 aliphatic heterocycles. The first-order valence-corrected chi connectivity index (χ1v) is 2.26. The lowest BCUT2D eigenvalue weighted by Crippen LogP contribution is -2.00. The van der Waals surface area contributed by atoms with Crippen LogP contribution >= 0.6 is 0 Å². The molecule has 39 valence electrons. The lowest BCUT2D eigenvalue weighted by atomic mass is 10.4. The van der Waals surface area contributed by atoms with Gasteiger partial charge >= 0.3 is 5.97 Å². The minimum atomic E-state index is -0.0972. The van der Waals surface area contributed by atoms with Crippen molar-refractivity contribution in [3.63, 3.8) is 0 Å². The topological polar surface area (TPSA) is 26.3 Å². The second-order valence-corrected chi connectivity index (χ2v) is 1.60. The Bertz CT molecular complexity index is 84.1. The Morgan fingerprint density at radius 2 is 2.57 bits per heavy atom. The third-order valence-corrected chi connectivity index (χ3v) is 0.975. The summed E-state index contributed by atoms with van der Waals surface area (Å²) in [5, 5.41) is 0. The van der Waals surface area contributed by atoms with E-state index in [0.717, 1.165) is 6.42 Å². The predicted molar refractivity (Wildman–Crippen MR) is 24.4 cm³/mol. The highest BCUT2D eigenvalue weighted by atomic mass is 16.5. The molecule has 1 aliphatic rings. The predicted octanol–water partition coefficient (Wildman–Crippen LogP) is 0.384. The summed E-state index contributed by atoms with van der Waals surface area (Å²) >= 11 is 0. The molecule has 0 N–H and O–H groups in total. The number of ether oxygens (including phenoxy) is 1. The smallest absolute Gasteiger partial charge is 0.308 e. The maximum Gasteiger partial charge on any atom is 0.308 e. The van der Waals surface area contributed by atoms with Gasteiger partial charge in [0.25, 0.3) is 0 Å². The van der Waals surface area contributed by atoms with Crippen LogP contribution in [0.3, 0.4) is 0 Å². The van der Waals surface area contributed by atoms with Gasteiger partial charge in [-0.3, -0.25) is 4.79 Å². The monoisotopic (exact) mass is 99.0 g/mol. The number of carbonyl (C=O) groups excluding carboxylic acids is 1. The summed E-state index contributed by atoms with van der Waals surface area (Å²) in [4.78, 5) is 10.3. The molecule has 0 saturated heterocycles. The lowest BCUT2D eigenvalue weighted by Gasteiger charge is -1.89. The molecular formula is C5H7O2. The van der Waals surface area contributed by atoms with E-state index in [1.807, 2.05) is 6.42 Å². The number of hydrogen-bond acceptors (Lipinski definition) is 2. The van der Waals surface area contributed by atoms with Crippen molar-refractivity contribution in [2.75, 3.05) is 7.11 Å². The highest BCUT2D eigenvalue weighted by Gasteiger charge is 2.30. The average Bonchev–Trinajstić information content (AvgIpc) is 2.44. The van der Waals surface area contributed by atoms with Crippen molar-refractivity contribution >= 4 is 5.97 Å². The first kappa shape index (κ1) is 4.62. The number of hydrogen-bond donors (Lipinski definition) is 0. The van der Waals surface area contributed by atoms with Gasteiger partial charge in [0, 0.05) is 0 Å². The van der Waals surface area contributed by atoms with E-state index in [9.17, 15) is 4.79 Å². The maximum absolute atomic E-state index is 10.3. The van der Waals surface area contributed by atoms with Crippen molar-refractivity contribution in [1.82, 2.24) is 0 Å². The van der Waals surface area contributed by atoms with E-state index < -0.39 is 0 Å². The number of esters is 1. The standard InChI is InChI=1S/C5H7O2/c1-7-5(6)4-2-3-4/h2,4H,3H2,1H3/t4-/m1/s1. The summed E-state index contributed by atoms with van der Waals surface area (Å²) < 4.78 is 4.40. The van der Waals surface area contributed by atoms with Crippen LogP contribution in [0.5, 0.6) is 0 Å².